The molecule has 0 heterocycles. The van der Waals surface area contributed by atoms with Crippen molar-refractivity contribution in [2.24, 2.45) is 5.10 Å². The summed E-state index contributed by atoms with van der Waals surface area (Å²) in [6.07, 6.45) is 1.33. The zero-order valence-electron chi connectivity index (χ0n) is 11.6. The molecule has 0 bridgehead atoms. The zero-order valence-corrected chi connectivity index (χ0v) is 14.0. The number of carbonyl (C=O) groups excluding carboxylic acids is 1. The lowest BCUT2D eigenvalue weighted by Crippen LogP contribution is -2.30. The maximum atomic E-state index is 12.8. The molecule has 0 aliphatic rings. The number of hydrazone groups is 1. The average molecular weight is 396 g/mol. The Labute approximate surface area is 145 Å². The molecule has 0 saturated carbocycles. The third-order valence-corrected chi connectivity index (χ3v) is 3.44. The predicted molar refractivity (Wildman–Crippen MR) is 94.2 cm³/mol. The quantitative estimate of drug-likeness (QED) is 0.423. The van der Waals surface area contributed by atoms with Crippen molar-refractivity contribution in [3.63, 3.8) is 0 Å². The van der Waals surface area contributed by atoms with E-state index in [1.54, 1.807) is 12.1 Å². The van der Waals surface area contributed by atoms with Gasteiger partial charge < -0.3 is 10.4 Å². The smallest absolute Gasteiger partial charge is 0.284 e. The van der Waals surface area contributed by atoms with Gasteiger partial charge in [-0.1, -0.05) is 28.1 Å². The Morgan fingerprint density at radius 2 is 1.96 bits per heavy atom. The van der Waals surface area contributed by atoms with E-state index >= 15 is 0 Å². The van der Waals surface area contributed by atoms with Gasteiger partial charge in [0.05, 0.1) is 6.21 Å². The van der Waals surface area contributed by atoms with Gasteiger partial charge in [-0.2, -0.15) is 5.10 Å². The van der Waals surface area contributed by atoms with E-state index in [2.05, 4.69) is 31.8 Å². The van der Waals surface area contributed by atoms with Crippen LogP contribution in [0.5, 0.6) is 5.75 Å². The van der Waals surface area contributed by atoms with Gasteiger partial charge in [-0.3, -0.25) is 10.2 Å². The Morgan fingerprint density at radius 3 is 2.65 bits per heavy atom. The molecular weight excluding hydrogens is 385 g/mol. The van der Waals surface area contributed by atoms with Crippen molar-refractivity contribution in [3.8, 4) is 5.75 Å². The number of carbonyl (C=O) groups is 1. The number of phenols is 1. The zero-order chi connectivity index (χ0) is 16.8. The van der Waals surface area contributed by atoms with Crippen LogP contribution in [0.3, 0.4) is 0 Å². The van der Waals surface area contributed by atoms with Crippen molar-refractivity contribution >= 4 is 50.9 Å². The topological polar surface area (TPSA) is 73.7 Å². The number of nitrogens with zero attached hydrogens (tertiary/aromatic N) is 1. The van der Waals surface area contributed by atoms with E-state index in [-0.39, 0.29) is 10.7 Å². The molecule has 0 atom stereocenters. The van der Waals surface area contributed by atoms with Gasteiger partial charge in [-0.05, 0) is 42.5 Å². The second-order valence-electron chi connectivity index (χ2n) is 4.36. The molecule has 3 N–H and O–H groups in total. The van der Waals surface area contributed by atoms with Crippen molar-refractivity contribution in [2.75, 3.05) is 5.32 Å². The number of halogens is 2. The molecule has 0 aliphatic carbocycles. The number of benzene rings is 2. The number of phenolic OH excluding ortho intramolecular Hbond substituents is 1. The van der Waals surface area contributed by atoms with Crippen LogP contribution in [0.15, 0.2) is 52.0 Å². The maximum Gasteiger partial charge on any atom is 0.284 e. The summed E-state index contributed by atoms with van der Waals surface area (Å²) >= 11 is 8.17. The highest BCUT2D eigenvalue weighted by Crippen LogP contribution is 2.19. The predicted octanol–water partition coefficient (Wildman–Crippen LogP) is 3.18. The number of hydrogen-bond donors (Lipinski definition) is 3. The number of anilines is 1. The van der Waals surface area contributed by atoms with Crippen molar-refractivity contribution in [1.29, 1.82) is 0 Å². The summed E-state index contributed by atoms with van der Waals surface area (Å²) in [6, 6.07) is 10.1. The van der Waals surface area contributed by atoms with Crippen molar-refractivity contribution in [1.82, 2.24) is 5.43 Å². The van der Waals surface area contributed by atoms with Crippen LogP contribution in [0, 0.1) is 5.82 Å². The molecule has 0 aliphatic heterocycles. The highest BCUT2D eigenvalue weighted by molar-refractivity contribution is 9.10. The Kier molecular flexibility index (Phi) is 5.78. The van der Waals surface area contributed by atoms with Crippen LogP contribution in [0.2, 0.25) is 0 Å². The molecule has 23 heavy (non-hydrogen) atoms. The van der Waals surface area contributed by atoms with Gasteiger partial charge in [-0.25, -0.2) is 4.39 Å². The van der Waals surface area contributed by atoms with Gasteiger partial charge in [0.25, 0.3) is 5.91 Å². The highest BCUT2D eigenvalue weighted by atomic mass is 79.9. The van der Waals surface area contributed by atoms with E-state index < -0.39 is 11.7 Å². The Morgan fingerprint density at radius 1 is 1.26 bits per heavy atom. The standard InChI is InChI=1S/C15H11BrFN3O2S/c16-10-1-6-13(21)9(7-10)8-18-20-15(23)14(22)19-12-4-2-11(17)3-5-12/h1-8,21H,(H,19,22)(H,20,23). The van der Waals surface area contributed by atoms with Gasteiger partial charge in [0.2, 0.25) is 0 Å². The van der Waals surface area contributed by atoms with Crippen LogP contribution in [0.4, 0.5) is 10.1 Å². The Balaban J connectivity index is 1.93. The van der Waals surface area contributed by atoms with Crippen LogP contribution in [-0.2, 0) is 4.79 Å². The van der Waals surface area contributed by atoms with Gasteiger partial charge in [0.1, 0.15) is 11.6 Å². The van der Waals surface area contributed by atoms with Gasteiger partial charge in [0.15, 0.2) is 4.99 Å². The minimum Gasteiger partial charge on any atom is -0.507 e. The number of amides is 1. The van der Waals surface area contributed by atoms with Crippen LogP contribution >= 0.6 is 28.1 Å². The SMILES string of the molecule is O=C(Nc1ccc(F)cc1)C(=S)NN=Cc1cc(Br)ccc1O. The number of hydrogen-bond acceptors (Lipinski definition) is 4. The van der Waals surface area contributed by atoms with Crippen LogP contribution in [-0.4, -0.2) is 22.2 Å². The normalized spacial score (nSPS) is 10.5. The molecule has 0 spiro atoms. The summed E-state index contributed by atoms with van der Waals surface area (Å²) in [6.45, 7) is 0. The van der Waals surface area contributed by atoms with Crippen molar-refractivity contribution < 1.29 is 14.3 Å². The number of thiocarbonyl (C=S) groups is 1. The molecule has 0 saturated heterocycles. The number of nitrogens with one attached hydrogen (secondary N) is 2. The molecule has 0 unspecified atom stereocenters. The van der Waals surface area contributed by atoms with E-state index in [1.165, 1.54) is 36.5 Å². The average Bonchev–Trinajstić information content (AvgIpc) is 2.52. The first kappa shape index (κ1) is 17.0. The van der Waals surface area contributed by atoms with E-state index in [4.69, 9.17) is 12.2 Å². The molecule has 0 aromatic heterocycles. The molecule has 5 nitrogen and oxygen atoms in total. The van der Waals surface area contributed by atoms with Crippen molar-refractivity contribution in [3.05, 3.63) is 58.3 Å². The van der Waals surface area contributed by atoms with Crippen LogP contribution < -0.4 is 10.7 Å². The lowest BCUT2D eigenvalue weighted by Gasteiger charge is -2.05. The van der Waals surface area contributed by atoms with E-state index in [1.807, 2.05) is 0 Å². The summed E-state index contributed by atoms with van der Waals surface area (Å²) in [5.41, 5.74) is 3.26. The fourth-order valence-corrected chi connectivity index (χ4v) is 2.04. The summed E-state index contributed by atoms with van der Waals surface area (Å²) in [4.78, 5) is 11.7. The van der Waals surface area contributed by atoms with Crippen molar-refractivity contribution in [2.45, 2.75) is 0 Å². The van der Waals surface area contributed by atoms with Gasteiger partial charge >= 0.3 is 0 Å². The third kappa shape index (κ3) is 5.11. The molecule has 2 rings (SSSR count). The van der Waals surface area contributed by atoms with Crippen LogP contribution in [0.1, 0.15) is 5.56 Å². The van der Waals surface area contributed by atoms with E-state index in [9.17, 15) is 14.3 Å². The number of rotatable bonds is 3. The lowest BCUT2D eigenvalue weighted by molar-refractivity contribution is -0.110. The Hall–Kier alpha value is -2.32. The Bertz CT molecular complexity index is 766. The van der Waals surface area contributed by atoms with E-state index in [0.717, 1.165) is 4.47 Å². The molecule has 2 aromatic rings. The molecular formula is C15H11BrFN3O2S. The fraction of sp³-hybridized carbons (Fsp3) is 0. The summed E-state index contributed by atoms with van der Waals surface area (Å²) in [5.74, 6) is -0.940. The maximum absolute atomic E-state index is 12.8. The first-order valence-electron chi connectivity index (χ1n) is 6.34. The van der Waals surface area contributed by atoms with Gasteiger partial charge in [0, 0.05) is 15.7 Å². The molecule has 2 aromatic carbocycles. The summed E-state index contributed by atoms with van der Waals surface area (Å²) in [7, 11) is 0. The monoisotopic (exact) mass is 395 g/mol. The summed E-state index contributed by atoms with van der Waals surface area (Å²) < 4.78 is 13.5. The molecule has 118 valence electrons. The largest absolute Gasteiger partial charge is 0.507 e. The molecule has 8 heteroatoms. The summed E-state index contributed by atoms with van der Waals surface area (Å²) in [5, 5.41) is 15.9. The molecule has 1 amide bonds. The first-order valence-corrected chi connectivity index (χ1v) is 7.54. The minimum atomic E-state index is -0.581. The fourth-order valence-electron chi connectivity index (χ4n) is 1.56. The lowest BCUT2D eigenvalue weighted by atomic mass is 10.2. The van der Waals surface area contributed by atoms with E-state index in [0.29, 0.717) is 11.3 Å². The minimum absolute atomic E-state index is 0.0421. The van der Waals surface area contributed by atoms with Crippen LogP contribution in [0.25, 0.3) is 0 Å². The third-order valence-electron chi connectivity index (χ3n) is 2.67. The first-order chi connectivity index (χ1) is 11.0. The number of aromatic hydroxyl groups is 1. The molecule has 0 fully saturated rings. The molecule has 0 radical (unpaired) electrons. The second kappa shape index (κ2) is 7.80. The van der Waals surface area contributed by atoms with Gasteiger partial charge in [-0.15, -0.1) is 0 Å². The highest BCUT2D eigenvalue weighted by Gasteiger charge is 2.08. The second-order valence-corrected chi connectivity index (χ2v) is 5.69.